The van der Waals surface area contributed by atoms with Crippen LogP contribution in [0.25, 0.3) is 0 Å². The molecule has 2 fully saturated rings. The Balaban J connectivity index is 1.78. The maximum atomic E-state index is 14.9. The molecule has 0 unspecified atom stereocenters. The fourth-order valence-electron chi connectivity index (χ4n) is 8.62. The molecule has 78 heavy (non-hydrogen) atoms. The van der Waals surface area contributed by atoms with Crippen LogP contribution in [-0.2, 0) is 65.6 Å². The summed E-state index contributed by atoms with van der Waals surface area (Å²) in [5, 5.41) is 28.2. The molecular formula is C50H72N14O12S2. The highest BCUT2D eigenvalue weighted by atomic mass is 33.1. The van der Waals surface area contributed by atoms with Crippen molar-refractivity contribution >= 4 is 92.5 Å². The Morgan fingerprint density at radius 1 is 0.756 bits per heavy atom. The third-order valence-corrected chi connectivity index (χ3v) is 16.5. The first kappa shape index (κ1) is 62.9. The summed E-state index contributed by atoms with van der Waals surface area (Å²) >= 11 is 0. The summed E-state index contributed by atoms with van der Waals surface area (Å²) in [6.07, 6.45) is -0.590. The van der Waals surface area contributed by atoms with Gasteiger partial charge in [-0.15, -0.1) is 0 Å². The average Bonchev–Trinajstić information content (AvgIpc) is 3.91. The first-order valence-corrected chi connectivity index (χ1v) is 27.8. The first-order chi connectivity index (χ1) is 37.0. The molecule has 0 saturated carbocycles. The number of hydrogen-bond donors (Lipinski definition) is 13. The van der Waals surface area contributed by atoms with Gasteiger partial charge in [-0.05, 0) is 68.2 Å². The van der Waals surface area contributed by atoms with Crippen LogP contribution in [0.4, 0.5) is 0 Å². The molecule has 0 aliphatic carbocycles. The molecule has 0 aromatic heterocycles. The Labute approximate surface area is 459 Å². The van der Waals surface area contributed by atoms with Crippen molar-refractivity contribution in [2.24, 2.45) is 33.7 Å². The summed E-state index contributed by atoms with van der Waals surface area (Å²) in [6, 6.07) is 4.51. The number of benzene rings is 2. The van der Waals surface area contributed by atoms with Crippen molar-refractivity contribution in [2.75, 3.05) is 25.4 Å². The quantitative estimate of drug-likeness (QED) is 0.0260. The van der Waals surface area contributed by atoms with Gasteiger partial charge in [0.15, 0.2) is 5.96 Å². The molecule has 0 radical (unpaired) electrons. The Morgan fingerprint density at radius 2 is 1.35 bits per heavy atom. The van der Waals surface area contributed by atoms with Crippen LogP contribution < -0.4 is 65.9 Å². The fourth-order valence-corrected chi connectivity index (χ4v) is 12.0. The van der Waals surface area contributed by atoms with E-state index in [1.807, 2.05) is 13.8 Å². The van der Waals surface area contributed by atoms with Gasteiger partial charge in [-0.2, -0.15) is 0 Å². The summed E-state index contributed by atoms with van der Waals surface area (Å²) < 4.78 is -0.855. The van der Waals surface area contributed by atoms with Crippen LogP contribution in [0, 0.1) is 0 Å². The molecule has 11 amide bonds. The minimum Gasteiger partial charge on any atom is -0.508 e. The summed E-state index contributed by atoms with van der Waals surface area (Å²) in [6.45, 7) is 3.29. The number of carbonyl (C=O) groups is 11. The number of nitrogens with zero attached hydrogens (tertiary/aromatic N) is 2. The molecule has 18 N–H and O–H groups in total. The third kappa shape index (κ3) is 20.4. The zero-order valence-corrected chi connectivity index (χ0v) is 45.2. The van der Waals surface area contributed by atoms with Crippen molar-refractivity contribution in [1.82, 2.24) is 42.1 Å². The summed E-state index contributed by atoms with van der Waals surface area (Å²) in [5.74, 6) is -9.84. The maximum Gasteiger partial charge on any atom is 0.246 e. The zero-order chi connectivity index (χ0) is 57.5. The van der Waals surface area contributed by atoms with Crippen molar-refractivity contribution < 1.29 is 57.8 Å². The van der Waals surface area contributed by atoms with E-state index >= 15 is 0 Å². The van der Waals surface area contributed by atoms with Crippen LogP contribution >= 0.6 is 21.6 Å². The van der Waals surface area contributed by atoms with Crippen molar-refractivity contribution in [3.63, 3.8) is 0 Å². The lowest BCUT2D eigenvalue weighted by atomic mass is 9.96. The second-order valence-electron chi connectivity index (χ2n) is 18.9. The van der Waals surface area contributed by atoms with Crippen molar-refractivity contribution in [1.29, 1.82) is 0 Å². The predicted octanol–water partition coefficient (Wildman–Crippen LogP) is -2.78. The topological polar surface area (TPSA) is 438 Å². The van der Waals surface area contributed by atoms with Gasteiger partial charge in [0, 0.05) is 49.3 Å². The van der Waals surface area contributed by atoms with E-state index in [1.54, 1.807) is 42.5 Å². The molecule has 2 aliphatic heterocycles. The zero-order valence-electron chi connectivity index (χ0n) is 43.6. The number of carbonyl (C=O) groups excluding carboxylic acids is 11. The van der Waals surface area contributed by atoms with Crippen LogP contribution in [-0.4, -0.2) is 153 Å². The standard InChI is InChI=1S/C50H72N14O12S2/c1-3-50(4-2)25-41(69)58-33(23-29-14-16-30(65)17-15-29)44(72)61-34(22-28-10-6-5-7-11-28)45(73)59-32(18-19-38(51)66)43(71)62-35(24-39(52)67)46(74)63-36(27-77-78-50)48(76)64-21-9-13-37(64)47(75)60-31(12-8-20-56-49(54)55)42(70)57-26-40(53)68/h5-7,10-11,14-17,31-37,65H,3-4,8-9,12-13,18-27H2,1-2H3,(H2,51,66)(H2,52,67)(H2,53,68)(H,57,70)(H,58,69)(H,59,73)(H,60,75)(H,61,72)(H,62,71)(H,63,74)(H4,54,55,56)/t31-,32-,33-,34+,35+,36+,37-/m0/s1. The lowest BCUT2D eigenvalue weighted by molar-refractivity contribution is -0.142. The largest absolute Gasteiger partial charge is 0.508 e. The maximum absolute atomic E-state index is 14.9. The van der Waals surface area contributed by atoms with Crippen LogP contribution in [0.15, 0.2) is 59.6 Å². The molecule has 2 aliphatic rings. The van der Waals surface area contributed by atoms with E-state index in [0.717, 1.165) is 10.8 Å². The smallest absolute Gasteiger partial charge is 0.246 e. The molecule has 0 spiro atoms. The minimum absolute atomic E-state index is 0.00946. The highest BCUT2D eigenvalue weighted by Crippen LogP contribution is 2.44. The molecule has 28 heteroatoms. The number of guanidine groups is 1. The summed E-state index contributed by atoms with van der Waals surface area (Å²) in [5.41, 5.74) is 28.3. The monoisotopic (exact) mass is 1120 g/mol. The van der Waals surface area contributed by atoms with E-state index in [4.69, 9.17) is 28.7 Å². The van der Waals surface area contributed by atoms with Crippen LogP contribution in [0.1, 0.15) is 89.2 Å². The van der Waals surface area contributed by atoms with E-state index in [2.05, 4.69) is 42.2 Å². The minimum atomic E-state index is -1.78. The number of amides is 11. The van der Waals surface area contributed by atoms with Gasteiger partial charge in [0.05, 0.1) is 13.0 Å². The van der Waals surface area contributed by atoms with Gasteiger partial charge < -0.3 is 75.9 Å². The predicted molar refractivity (Wildman–Crippen MR) is 291 cm³/mol. The highest BCUT2D eigenvalue weighted by Gasteiger charge is 2.41. The number of aromatic hydroxyl groups is 1. The number of phenols is 1. The van der Waals surface area contributed by atoms with E-state index in [1.165, 1.54) is 27.8 Å². The first-order valence-electron chi connectivity index (χ1n) is 25.5. The van der Waals surface area contributed by atoms with Crippen LogP contribution in [0.2, 0.25) is 0 Å². The highest BCUT2D eigenvalue weighted by molar-refractivity contribution is 8.77. The molecule has 4 rings (SSSR count). The van der Waals surface area contributed by atoms with E-state index < -0.39 is 138 Å². The SMILES string of the molecule is CCC1(CC)CC(=O)N[C@@H](Cc2ccc(O)cc2)C(=O)N[C@H](Cc2ccccc2)C(=O)N[C@@H](CCC(N)=O)C(=O)N[C@H](CC(N)=O)C(=O)N[C@@H](C(=O)N2CCC[C@H]2C(=O)N[C@@H](CCCN=C(N)N)C(=O)NCC(N)=O)CSS1. The molecule has 2 aromatic carbocycles. The molecule has 426 valence electrons. The Hall–Kier alpha value is -7.62. The number of primary amides is 3. The van der Waals surface area contributed by atoms with Crippen molar-refractivity contribution in [3.8, 4) is 5.75 Å². The second-order valence-corrected chi connectivity index (χ2v) is 21.7. The molecule has 0 bridgehead atoms. The van der Waals surface area contributed by atoms with Gasteiger partial charge in [-0.1, -0.05) is 77.9 Å². The number of nitrogens with one attached hydrogen (secondary N) is 7. The van der Waals surface area contributed by atoms with Gasteiger partial charge in [-0.3, -0.25) is 57.7 Å². The fraction of sp³-hybridized carbons (Fsp3) is 0.520. The molecular weight excluding hydrogens is 1050 g/mol. The molecule has 26 nitrogen and oxygen atoms in total. The number of likely N-dealkylation sites (tertiary alicyclic amines) is 1. The molecule has 7 atom stereocenters. The Kier molecular flexibility index (Phi) is 25.0. The number of hydrogen-bond acceptors (Lipinski definition) is 15. The number of nitrogens with two attached hydrogens (primary N) is 5. The van der Waals surface area contributed by atoms with Crippen LogP contribution in [0.3, 0.4) is 0 Å². The third-order valence-electron chi connectivity index (χ3n) is 13.0. The number of aliphatic imine (C=N–C) groups is 1. The number of rotatable bonds is 21. The van der Waals surface area contributed by atoms with E-state index in [0.29, 0.717) is 30.4 Å². The lowest BCUT2D eigenvalue weighted by Crippen LogP contribution is -2.61. The Morgan fingerprint density at radius 3 is 1.95 bits per heavy atom. The molecule has 2 aromatic rings. The van der Waals surface area contributed by atoms with Crippen molar-refractivity contribution in [2.45, 2.75) is 138 Å². The lowest BCUT2D eigenvalue weighted by Gasteiger charge is -2.33. The summed E-state index contributed by atoms with van der Waals surface area (Å²) in [4.78, 5) is 155. The van der Waals surface area contributed by atoms with Crippen molar-refractivity contribution in [3.05, 3.63) is 65.7 Å². The number of phenolic OH excluding ortho intramolecular Hbond substituents is 1. The van der Waals surface area contributed by atoms with E-state index in [-0.39, 0.29) is 69.1 Å². The van der Waals surface area contributed by atoms with Gasteiger partial charge in [0.1, 0.15) is 48.0 Å². The average molecular weight is 1130 g/mol. The van der Waals surface area contributed by atoms with E-state index in [9.17, 15) is 57.8 Å². The van der Waals surface area contributed by atoms with Gasteiger partial charge in [0.25, 0.3) is 0 Å². The summed E-state index contributed by atoms with van der Waals surface area (Å²) in [7, 11) is 2.36. The molecule has 2 saturated heterocycles. The van der Waals surface area contributed by atoms with Gasteiger partial charge in [0.2, 0.25) is 65.0 Å². The normalized spacial score (nSPS) is 21.9. The Bertz CT molecular complexity index is 2500. The van der Waals surface area contributed by atoms with Gasteiger partial charge >= 0.3 is 0 Å². The van der Waals surface area contributed by atoms with Crippen LogP contribution in [0.5, 0.6) is 5.75 Å². The second kappa shape index (κ2) is 31.0. The molecule has 2 heterocycles. The van der Waals surface area contributed by atoms with Gasteiger partial charge in [-0.25, -0.2) is 0 Å².